The molecule has 0 unspecified atom stereocenters. The molecule has 3 aromatic rings. The number of carbonyl (C=O) groups is 1. The Morgan fingerprint density at radius 3 is 2.54 bits per heavy atom. The van der Waals surface area contributed by atoms with E-state index in [4.69, 9.17) is 4.74 Å². The van der Waals surface area contributed by atoms with E-state index < -0.39 is 0 Å². The van der Waals surface area contributed by atoms with Crippen molar-refractivity contribution in [1.29, 1.82) is 0 Å². The number of ether oxygens (including phenoxy) is 1. The van der Waals surface area contributed by atoms with Gasteiger partial charge in [-0.15, -0.1) is 0 Å². The molecular formula is C23H25N3O2. The van der Waals surface area contributed by atoms with Gasteiger partial charge in [0.2, 0.25) is 0 Å². The molecule has 5 nitrogen and oxygen atoms in total. The molecule has 0 radical (unpaired) electrons. The van der Waals surface area contributed by atoms with Gasteiger partial charge in [-0.25, -0.2) is 4.98 Å². The molecular weight excluding hydrogens is 350 g/mol. The molecule has 3 rings (SSSR count). The largest absolute Gasteiger partial charge is 0.495 e. The lowest BCUT2D eigenvalue weighted by atomic mass is 10.2. The quantitative estimate of drug-likeness (QED) is 0.644. The van der Waals surface area contributed by atoms with Gasteiger partial charge in [0.05, 0.1) is 24.7 Å². The van der Waals surface area contributed by atoms with Gasteiger partial charge in [0.25, 0.3) is 5.91 Å². The van der Waals surface area contributed by atoms with E-state index in [0.29, 0.717) is 18.8 Å². The topological polar surface area (TPSA) is 54.5 Å². The van der Waals surface area contributed by atoms with Gasteiger partial charge in [0, 0.05) is 13.1 Å². The summed E-state index contributed by atoms with van der Waals surface area (Å²) in [7, 11) is 1.64. The lowest BCUT2D eigenvalue weighted by Crippen LogP contribution is -2.30. The molecule has 0 aliphatic heterocycles. The highest BCUT2D eigenvalue weighted by Crippen LogP contribution is 2.28. The van der Waals surface area contributed by atoms with E-state index in [2.05, 4.69) is 10.3 Å². The van der Waals surface area contributed by atoms with Crippen molar-refractivity contribution in [1.82, 2.24) is 9.88 Å². The first-order valence-electron chi connectivity index (χ1n) is 9.31. The summed E-state index contributed by atoms with van der Waals surface area (Å²) in [6, 6.07) is 19.5. The van der Waals surface area contributed by atoms with Gasteiger partial charge in [-0.05, 0) is 49.2 Å². The number of aryl methyl sites for hydroxylation is 1. The first-order valence-corrected chi connectivity index (χ1v) is 9.31. The standard InChI is InChI=1S/C23H25N3O2/c1-4-26(16-18-8-6-5-7-9-18)23(27)20-12-11-19(15-24-20)25-21-14-17(2)10-13-22(21)28-3/h5-15,25H,4,16H2,1-3H3. The number of rotatable bonds is 7. The fraction of sp³-hybridized carbons (Fsp3) is 0.217. The Labute approximate surface area is 166 Å². The van der Waals surface area contributed by atoms with Crippen LogP contribution in [0.2, 0.25) is 0 Å². The maximum absolute atomic E-state index is 12.8. The van der Waals surface area contributed by atoms with Gasteiger partial charge in [-0.3, -0.25) is 4.79 Å². The minimum absolute atomic E-state index is 0.0777. The van der Waals surface area contributed by atoms with Gasteiger partial charge >= 0.3 is 0 Å². The van der Waals surface area contributed by atoms with Crippen molar-refractivity contribution >= 4 is 17.3 Å². The number of methoxy groups -OCH3 is 1. The van der Waals surface area contributed by atoms with Gasteiger partial charge in [-0.2, -0.15) is 0 Å². The molecule has 0 saturated heterocycles. The van der Waals surface area contributed by atoms with Crippen LogP contribution in [0.15, 0.2) is 66.9 Å². The summed E-state index contributed by atoms with van der Waals surface area (Å²) in [4.78, 5) is 19.0. The second-order valence-corrected chi connectivity index (χ2v) is 6.57. The predicted octanol–water partition coefficient (Wildman–Crippen LogP) is 4.80. The van der Waals surface area contributed by atoms with Crippen molar-refractivity contribution in [2.45, 2.75) is 20.4 Å². The summed E-state index contributed by atoms with van der Waals surface area (Å²) in [6.07, 6.45) is 1.67. The summed E-state index contributed by atoms with van der Waals surface area (Å²) in [6.45, 7) is 5.19. The van der Waals surface area contributed by atoms with Crippen molar-refractivity contribution in [3.63, 3.8) is 0 Å². The van der Waals surface area contributed by atoms with E-state index in [0.717, 1.165) is 28.3 Å². The van der Waals surface area contributed by atoms with E-state index in [-0.39, 0.29) is 5.91 Å². The molecule has 144 valence electrons. The smallest absolute Gasteiger partial charge is 0.272 e. The fourth-order valence-corrected chi connectivity index (χ4v) is 2.96. The summed E-state index contributed by atoms with van der Waals surface area (Å²) in [5, 5.41) is 3.30. The molecule has 1 N–H and O–H groups in total. The summed E-state index contributed by atoms with van der Waals surface area (Å²) in [5.74, 6) is 0.678. The van der Waals surface area contributed by atoms with Crippen molar-refractivity contribution < 1.29 is 9.53 Å². The van der Waals surface area contributed by atoms with Crippen LogP contribution < -0.4 is 10.1 Å². The number of carbonyl (C=O) groups excluding carboxylic acids is 1. The van der Waals surface area contributed by atoms with Crippen molar-refractivity contribution in [2.75, 3.05) is 19.0 Å². The molecule has 0 aliphatic carbocycles. The summed E-state index contributed by atoms with van der Waals surface area (Å²) in [5.41, 5.74) is 4.32. The first kappa shape index (κ1) is 19.4. The van der Waals surface area contributed by atoms with E-state index in [1.807, 2.05) is 68.4 Å². The highest BCUT2D eigenvalue weighted by molar-refractivity contribution is 5.92. The average molecular weight is 375 g/mol. The Balaban J connectivity index is 1.72. The Bertz CT molecular complexity index is 924. The number of nitrogens with one attached hydrogen (secondary N) is 1. The molecule has 0 fully saturated rings. The van der Waals surface area contributed by atoms with Crippen LogP contribution in [0.4, 0.5) is 11.4 Å². The monoisotopic (exact) mass is 375 g/mol. The molecule has 0 aliphatic rings. The average Bonchev–Trinajstić information content (AvgIpc) is 2.73. The molecule has 0 atom stereocenters. The molecule has 1 heterocycles. The number of anilines is 2. The number of hydrogen-bond acceptors (Lipinski definition) is 4. The molecule has 1 aromatic heterocycles. The van der Waals surface area contributed by atoms with Crippen LogP contribution in [-0.4, -0.2) is 29.4 Å². The molecule has 0 bridgehead atoms. The molecule has 2 aromatic carbocycles. The van der Waals surface area contributed by atoms with Crippen molar-refractivity contribution in [3.05, 3.63) is 83.7 Å². The molecule has 28 heavy (non-hydrogen) atoms. The molecule has 1 amide bonds. The van der Waals surface area contributed by atoms with E-state index >= 15 is 0 Å². The lowest BCUT2D eigenvalue weighted by Gasteiger charge is -2.20. The Morgan fingerprint density at radius 2 is 1.89 bits per heavy atom. The second-order valence-electron chi connectivity index (χ2n) is 6.57. The molecule has 0 saturated carbocycles. The SMILES string of the molecule is CCN(Cc1ccccc1)C(=O)c1ccc(Nc2cc(C)ccc2OC)cn1. The van der Waals surface area contributed by atoms with Crippen LogP contribution in [0, 0.1) is 6.92 Å². The minimum atomic E-state index is -0.0777. The van der Waals surface area contributed by atoms with Crippen molar-refractivity contribution in [3.8, 4) is 5.75 Å². The number of aromatic nitrogens is 1. The third-order valence-corrected chi connectivity index (χ3v) is 4.50. The van der Waals surface area contributed by atoms with Gasteiger partial charge in [0.15, 0.2) is 0 Å². The maximum atomic E-state index is 12.8. The summed E-state index contributed by atoms with van der Waals surface area (Å²) < 4.78 is 5.39. The second kappa shape index (κ2) is 9.04. The lowest BCUT2D eigenvalue weighted by molar-refractivity contribution is 0.0746. The minimum Gasteiger partial charge on any atom is -0.495 e. The van der Waals surface area contributed by atoms with Crippen LogP contribution in [0.1, 0.15) is 28.5 Å². The normalized spacial score (nSPS) is 10.4. The predicted molar refractivity (Wildman–Crippen MR) is 112 cm³/mol. The third-order valence-electron chi connectivity index (χ3n) is 4.50. The van der Waals surface area contributed by atoms with Crippen LogP contribution in [0.25, 0.3) is 0 Å². The van der Waals surface area contributed by atoms with Gasteiger partial charge < -0.3 is 15.0 Å². The molecule has 5 heteroatoms. The van der Waals surface area contributed by atoms with Gasteiger partial charge in [-0.1, -0.05) is 36.4 Å². The Hall–Kier alpha value is -3.34. The number of pyridine rings is 1. The fourth-order valence-electron chi connectivity index (χ4n) is 2.96. The zero-order valence-electron chi connectivity index (χ0n) is 16.5. The van der Waals surface area contributed by atoms with Gasteiger partial charge in [0.1, 0.15) is 11.4 Å². The van der Waals surface area contributed by atoms with E-state index in [1.54, 1.807) is 24.3 Å². The highest BCUT2D eigenvalue weighted by atomic mass is 16.5. The van der Waals surface area contributed by atoms with Crippen LogP contribution in [0.5, 0.6) is 5.75 Å². The number of amides is 1. The van der Waals surface area contributed by atoms with Crippen LogP contribution in [-0.2, 0) is 6.54 Å². The number of benzene rings is 2. The summed E-state index contributed by atoms with van der Waals surface area (Å²) >= 11 is 0. The zero-order chi connectivity index (χ0) is 19.9. The third kappa shape index (κ3) is 4.68. The van der Waals surface area contributed by atoms with Crippen LogP contribution >= 0.6 is 0 Å². The Morgan fingerprint density at radius 1 is 1.11 bits per heavy atom. The highest BCUT2D eigenvalue weighted by Gasteiger charge is 2.16. The van der Waals surface area contributed by atoms with E-state index in [9.17, 15) is 4.79 Å². The van der Waals surface area contributed by atoms with Crippen molar-refractivity contribution in [2.24, 2.45) is 0 Å². The number of hydrogen-bond donors (Lipinski definition) is 1. The maximum Gasteiger partial charge on any atom is 0.272 e. The Kier molecular flexibility index (Phi) is 6.27. The first-order chi connectivity index (χ1) is 13.6. The zero-order valence-corrected chi connectivity index (χ0v) is 16.5. The number of nitrogens with zero attached hydrogens (tertiary/aromatic N) is 2. The van der Waals surface area contributed by atoms with E-state index in [1.165, 1.54) is 0 Å². The molecule has 0 spiro atoms. The van der Waals surface area contributed by atoms with Crippen LogP contribution in [0.3, 0.4) is 0 Å².